The number of rotatable bonds is 7. The molecule has 2 aliphatic heterocycles. The normalized spacial score (nSPS) is 19.4. The van der Waals surface area contributed by atoms with Crippen LogP contribution in [0.2, 0.25) is 0 Å². The summed E-state index contributed by atoms with van der Waals surface area (Å²) >= 11 is 0. The Morgan fingerprint density at radius 1 is 1.16 bits per heavy atom. The monoisotopic (exact) mass is 550 g/mol. The SMILES string of the molecule is N#CC1CN(S(=O)(=O)c2cccc(C(=O)N3CCC[C@@H]3C(=O)N[C@@H](CO)c3ccc(C(F)(F)F)cc3)c2)C1. The van der Waals surface area contributed by atoms with Crippen molar-refractivity contribution in [2.45, 2.75) is 36.0 Å². The number of sulfonamides is 1. The van der Waals surface area contributed by atoms with Crippen molar-refractivity contribution in [2.75, 3.05) is 26.2 Å². The first-order valence-electron chi connectivity index (χ1n) is 11.8. The first kappa shape index (κ1) is 27.6. The van der Waals surface area contributed by atoms with Crippen LogP contribution in [0.3, 0.4) is 0 Å². The third-order valence-corrected chi connectivity index (χ3v) is 8.53. The van der Waals surface area contributed by atoms with Gasteiger partial charge in [-0.2, -0.15) is 22.7 Å². The summed E-state index contributed by atoms with van der Waals surface area (Å²) in [6.07, 6.45) is -3.69. The number of halogens is 3. The van der Waals surface area contributed by atoms with Gasteiger partial charge in [-0.3, -0.25) is 9.59 Å². The number of hydrogen-bond donors (Lipinski definition) is 2. The van der Waals surface area contributed by atoms with Crippen molar-refractivity contribution >= 4 is 21.8 Å². The molecule has 0 spiro atoms. The van der Waals surface area contributed by atoms with E-state index in [2.05, 4.69) is 5.32 Å². The van der Waals surface area contributed by atoms with Crippen molar-refractivity contribution in [3.63, 3.8) is 0 Å². The summed E-state index contributed by atoms with van der Waals surface area (Å²) in [5.74, 6) is -1.50. The summed E-state index contributed by atoms with van der Waals surface area (Å²) in [7, 11) is -3.88. The minimum Gasteiger partial charge on any atom is -0.394 e. The molecule has 2 atom stereocenters. The van der Waals surface area contributed by atoms with Crippen molar-refractivity contribution in [3.8, 4) is 6.07 Å². The van der Waals surface area contributed by atoms with E-state index in [-0.39, 0.29) is 41.6 Å². The number of carbonyl (C=O) groups excluding carboxylic acids is 2. The maximum Gasteiger partial charge on any atom is 0.416 e. The Kier molecular flexibility index (Phi) is 7.78. The highest BCUT2D eigenvalue weighted by atomic mass is 32.2. The molecule has 13 heteroatoms. The lowest BCUT2D eigenvalue weighted by Crippen LogP contribution is -2.49. The van der Waals surface area contributed by atoms with Crippen molar-refractivity contribution < 1.29 is 36.3 Å². The quantitative estimate of drug-likeness (QED) is 0.544. The van der Waals surface area contributed by atoms with Crippen LogP contribution < -0.4 is 5.32 Å². The highest BCUT2D eigenvalue weighted by Crippen LogP contribution is 2.30. The van der Waals surface area contributed by atoms with Crippen LogP contribution >= 0.6 is 0 Å². The Balaban J connectivity index is 1.47. The van der Waals surface area contributed by atoms with Crippen LogP contribution in [-0.2, 0) is 21.0 Å². The molecule has 0 unspecified atom stereocenters. The average molecular weight is 551 g/mol. The number of nitriles is 1. The number of aliphatic hydroxyl groups is 1. The Bertz CT molecular complexity index is 1350. The topological polar surface area (TPSA) is 131 Å². The summed E-state index contributed by atoms with van der Waals surface area (Å²) in [4.78, 5) is 27.6. The van der Waals surface area contributed by atoms with Gasteiger partial charge in [0.15, 0.2) is 0 Å². The van der Waals surface area contributed by atoms with Gasteiger partial charge in [-0.05, 0) is 48.7 Å². The van der Waals surface area contributed by atoms with Gasteiger partial charge in [-0.1, -0.05) is 18.2 Å². The first-order valence-corrected chi connectivity index (χ1v) is 13.3. The van der Waals surface area contributed by atoms with Gasteiger partial charge >= 0.3 is 6.18 Å². The molecule has 0 bridgehead atoms. The molecule has 9 nitrogen and oxygen atoms in total. The molecule has 2 aliphatic rings. The zero-order valence-corrected chi connectivity index (χ0v) is 20.9. The Hall–Kier alpha value is -3.47. The smallest absolute Gasteiger partial charge is 0.394 e. The average Bonchev–Trinajstić information content (AvgIpc) is 3.36. The van der Waals surface area contributed by atoms with Crippen molar-refractivity contribution in [3.05, 3.63) is 65.2 Å². The van der Waals surface area contributed by atoms with Crippen molar-refractivity contribution in [2.24, 2.45) is 5.92 Å². The Morgan fingerprint density at radius 3 is 2.45 bits per heavy atom. The van der Waals surface area contributed by atoms with Crippen LogP contribution in [0.25, 0.3) is 0 Å². The maximum absolute atomic E-state index is 13.3. The zero-order chi connectivity index (χ0) is 27.7. The number of nitrogens with one attached hydrogen (secondary N) is 1. The van der Waals surface area contributed by atoms with E-state index in [9.17, 15) is 36.3 Å². The number of hydrogen-bond acceptors (Lipinski definition) is 6. The van der Waals surface area contributed by atoms with E-state index in [4.69, 9.17) is 5.26 Å². The molecule has 0 aliphatic carbocycles. The standard InChI is InChI=1S/C25H25F3N4O5S/c26-25(27,28)19-8-6-17(7-9-19)21(15-33)30-23(34)22-5-2-10-32(22)24(35)18-3-1-4-20(11-18)38(36,37)31-13-16(12-29)14-31/h1,3-4,6-9,11,16,21-22,33H,2,5,10,13-15H2,(H,30,34)/t21-,22+/m0/s1. The predicted octanol–water partition coefficient (Wildman–Crippen LogP) is 2.30. The van der Waals surface area contributed by atoms with E-state index >= 15 is 0 Å². The van der Waals surface area contributed by atoms with Crippen LogP contribution in [0.15, 0.2) is 53.4 Å². The third-order valence-electron chi connectivity index (χ3n) is 6.71. The third kappa shape index (κ3) is 5.52. The van der Waals surface area contributed by atoms with Crippen LogP contribution in [0, 0.1) is 17.2 Å². The van der Waals surface area contributed by atoms with Crippen LogP contribution in [0.5, 0.6) is 0 Å². The molecular formula is C25H25F3N4O5S. The molecule has 0 saturated carbocycles. The molecule has 2 saturated heterocycles. The van der Waals surface area contributed by atoms with Crippen LogP contribution in [0.1, 0.15) is 40.4 Å². The Morgan fingerprint density at radius 2 is 1.84 bits per heavy atom. The first-order chi connectivity index (χ1) is 18.0. The molecule has 2 N–H and O–H groups in total. The van der Waals surface area contributed by atoms with E-state index in [1.54, 1.807) is 0 Å². The van der Waals surface area contributed by atoms with Crippen LogP contribution in [-0.4, -0.2) is 66.8 Å². The fraction of sp³-hybridized carbons (Fsp3) is 0.400. The van der Waals surface area contributed by atoms with Crippen LogP contribution in [0.4, 0.5) is 13.2 Å². The molecule has 2 fully saturated rings. The minimum absolute atomic E-state index is 0.0737. The molecule has 4 rings (SSSR count). The molecule has 2 aromatic carbocycles. The lowest BCUT2D eigenvalue weighted by atomic mass is 10.0. The molecule has 202 valence electrons. The highest BCUT2D eigenvalue weighted by Gasteiger charge is 2.39. The summed E-state index contributed by atoms with van der Waals surface area (Å²) < 4.78 is 65.4. The number of likely N-dealkylation sites (tertiary alicyclic amines) is 1. The Labute approximate surface area is 217 Å². The lowest BCUT2D eigenvalue weighted by molar-refractivity contribution is -0.137. The van der Waals surface area contributed by atoms with Crippen molar-refractivity contribution in [1.29, 1.82) is 5.26 Å². The van der Waals surface area contributed by atoms with E-state index in [1.807, 2.05) is 6.07 Å². The van der Waals surface area contributed by atoms with Gasteiger partial charge in [-0.15, -0.1) is 0 Å². The number of alkyl halides is 3. The van der Waals surface area contributed by atoms with E-state index in [0.717, 1.165) is 16.4 Å². The van der Waals surface area contributed by atoms with E-state index in [1.165, 1.54) is 41.3 Å². The summed E-state index contributed by atoms with van der Waals surface area (Å²) in [5, 5.41) is 21.3. The zero-order valence-electron chi connectivity index (χ0n) is 20.1. The predicted molar refractivity (Wildman–Crippen MR) is 128 cm³/mol. The minimum atomic E-state index is -4.52. The fourth-order valence-electron chi connectivity index (χ4n) is 4.51. The summed E-state index contributed by atoms with van der Waals surface area (Å²) in [6.45, 7) is -0.165. The van der Waals surface area contributed by atoms with Gasteiger partial charge in [0.1, 0.15) is 6.04 Å². The van der Waals surface area contributed by atoms with Gasteiger partial charge in [0, 0.05) is 25.2 Å². The second-order valence-corrected chi connectivity index (χ2v) is 11.1. The molecular weight excluding hydrogens is 525 g/mol. The van der Waals surface area contributed by atoms with Crippen molar-refractivity contribution in [1.82, 2.24) is 14.5 Å². The van der Waals surface area contributed by atoms with Gasteiger partial charge in [0.25, 0.3) is 5.91 Å². The summed E-state index contributed by atoms with van der Waals surface area (Å²) in [6, 6.07) is 9.65. The lowest BCUT2D eigenvalue weighted by Gasteiger charge is -2.34. The number of carbonyl (C=O) groups is 2. The summed E-state index contributed by atoms with van der Waals surface area (Å²) in [5.41, 5.74) is -0.517. The molecule has 2 aromatic rings. The fourth-order valence-corrected chi connectivity index (χ4v) is 6.09. The number of nitrogens with zero attached hydrogens (tertiary/aromatic N) is 3. The second-order valence-electron chi connectivity index (χ2n) is 9.20. The van der Waals surface area contributed by atoms with Gasteiger partial charge in [0.2, 0.25) is 15.9 Å². The molecule has 2 amide bonds. The number of aliphatic hydroxyl groups excluding tert-OH is 1. The van der Waals surface area contributed by atoms with Gasteiger partial charge in [0.05, 0.1) is 35.1 Å². The van der Waals surface area contributed by atoms with E-state index in [0.29, 0.717) is 12.8 Å². The molecule has 38 heavy (non-hydrogen) atoms. The van der Waals surface area contributed by atoms with E-state index < -0.39 is 52.3 Å². The highest BCUT2D eigenvalue weighted by molar-refractivity contribution is 7.89. The van der Waals surface area contributed by atoms with Gasteiger partial charge in [-0.25, -0.2) is 8.42 Å². The number of amides is 2. The molecule has 0 radical (unpaired) electrons. The molecule has 0 aromatic heterocycles. The maximum atomic E-state index is 13.3. The number of benzene rings is 2. The largest absolute Gasteiger partial charge is 0.416 e. The molecule has 2 heterocycles. The second kappa shape index (κ2) is 10.7. The van der Waals surface area contributed by atoms with Gasteiger partial charge < -0.3 is 15.3 Å².